The minimum absolute atomic E-state index is 0.0947. The lowest BCUT2D eigenvalue weighted by atomic mass is 9.83. The number of hydrogen-bond donors (Lipinski definition) is 0. The maximum Gasteiger partial charge on any atom is 0.195 e. The summed E-state index contributed by atoms with van der Waals surface area (Å²) in [6, 6.07) is 26.3. The summed E-state index contributed by atoms with van der Waals surface area (Å²) in [5.74, 6) is 0.733. The molecule has 0 N–H and O–H groups in total. The molecule has 1 unspecified atom stereocenters. The van der Waals surface area contributed by atoms with Crippen LogP contribution in [-0.4, -0.2) is 0 Å². The first-order valence-corrected chi connectivity index (χ1v) is 27.3. The molecule has 4 aromatic carbocycles. The van der Waals surface area contributed by atoms with Crippen LogP contribution in [0.15, 0.2) is 95.0 Å². The quantitative estimate of drug-likeness (QED) is 0.0564. The lowest BCUT2D eigenvalue weighted by molar-refractivity contribution is 0.453. The predicted octanol–water partition coefficient (Wildman–Crippen LogP) is 18.4. The monoisotopic (exact) mass is 934 g/mol. The Morgan fingerprint density at radius 1 is 0.523 bits per heavy atom. The third-order valence-corrected chi connectivity index (χ3v) is 18.7. The molecule has 0 radical (unpaired) electrons. The van der Waals surface area contributed by atoms with Gasteiger partial charge in [-0.25, -0.2) is 0 Å². The molecule has 6 heteroatoms. The maximum atomic E-state index is 14.7. The second-order valence-corrected chi connectivity index (χ2v) is 24.6. The van der Waals surface area contributed by atoms with E-state index in [1.807, 2.05) is 11.3 Å². The second kappa shape index (κ2) is 19.6. The first-order chi connectivity index (χ1) is 31.1. The summed E-state index contributed by atoms with van der Waals surface area (Å²) in [6.07, 6.45) is 18.0. The third kappa shape index (κ3) is 9.66. The minimum Gasteiger partial charge on any atom is -0.289 e. The molecule has 0 aliphatic rings. The Bertz CT molecular complexity index is 3090. The number of fused-ring (bicyclic) bond motifs is 3. The van der Waals surface area contributed by atoms with E-state index in [-0.39, 0.29) is 21.7 Å². The van der Waals surface area contributed by atoms with Gasteiger partial charge in [-0.3, -0.25) is 9.59 Å². The summed E-state index contributed by atoms with van der Waals surface area (Å²) >= 11 is 7.15. The molecule has 8 aromatic rings. The Labute approximate surface area is 403 Å². The zero-order chi connectivity index (χ0) is 46.2. The van der Waals surface area contributed by atoms with E-state index in [2.05, 4.69) is 160 Å². The SMILES string of the molecule is C=CC(C)(CCCC)c1ccc(-c2cc3c(CC(C)C)c4cc5c(=O)c(-c6ccc(-c7ccc(/C=C/c8ccc(C(C)(C)CCCCCC)s8)s7)s6)cc5c(CC(C)C)c4cc3c2=O)s1. The van der Waals surface area contributed by atoms with Gasteiger partial charge >= 0.3 is 0 Å². The molecule has 2 nitrogen and oxygen atoms in total. The van der Waals surface area contributed by atoms with Gasteiger partial charge < -0.3 is 0 Å². The van der Waals surface area contributed by atoms with Crippen molar-refractivity contribution < 1.29 is 0 Å². The molecule has 8 rings (SSSR count). The van der Waals surface area contributed by atoms with E-state index in [1.54, 1.807) is 34.0 Å². The van der Waals surface area contributed by atoms with Crippen LogP contribution >= 0.6 is 45.3 Å². The van der Waals surface area contributed by atoms with Gasteiger partial charge in [-0.2, -0.15) is 0 Å². The zero-order valence-corrected chi connectivity index (χ0v) is 43.3. The van der Waals surface area contributed by atoms with Gasteiger partial charge in [0.25, 0.3) is 0 Å². The molecular formula is C59H66O2S4. The van der Waals surface area contributed by atoms with Crippen molar-refractivity contribution in [2.24, 2.45) is 11.8 Å². The maximum absolute atomic E-state index is 14.7. The van der Waals surface area contributed by atoms with Gasteiger partial charge in [-0.15, -0.1) is 51.9 Å². The highest BCUT2D eigenvalue weighted by Gasteiger charge is 2.27. The van der Waals surface area contributed by atoms with Crippen LogP contribution in [0.5, 0.6) is 0 Å². The molecule has 4 heterocycles. The summed E-state index contributed by atoms with van der Waals surface area (Å²) in [4.78, 5) is 38.9. The Balaban J connectivity index is 1.13. The molecule has 0 aliphatic heterocycles. The van der Waals surface area contributed by atoms with Crippen LogP contribution < -0.4 is 10.9 Å². The Morgan fingerprint density at radius 2 is 1.02 bits per heavy atom. The summed E-state index contributed by atoms with van der Waals surface area (Å²) < 4.78 is 0. The van der Waals surface area contributed by atoms with Crippen LogP contribution in [0.3, 0.4) is 0 Å². The molecule has 0 aliphatic carbocycles. The molecular weight excluding hydrogens is 869 g/mol. The van der Waals surface area contributed by atoms with Crippen LogP contribution in [0.2, 0.25) is 0 Å². The minimum atomic E-state index is -0.118. The molecule has 0 fully saturated rings. The number of benzene rings is 2. The third-order valence-electron chi connectivity index (χ3n) is 13.6. The molecule has 0 spiro atoms. The fraction of sp³-hybridized carbons (Fsp3) is 0.390. The Kier molecular flexibility index (Phi) is 14.2. The van der Waals surface area contributed by atoms with Crippen molar-refractivity contribution >= 4 is 89.8 Å². The van der Waals surface area contributed by atoms with E-state index in [0.29, 0.717) is 11.8 Å². The largest absolute Gasteiger partial charge is 0.289 e. The molecule has 4 aromatic heterocycles. The van der Waals surface area contributed by atoms with Crippen molar-refractivity contribution in [1.82, 2.24) is 0 Å². The molecule has 0 amide bonds. The fourth-order valence-corrected chi connectivity index (χ4v) is 13.9. The highest BCUT2D eigenvalue weighted by Crippen LogP contribution is 2.44. The highest BCUT2D eigenvalue weighted by molar-refractivity contribution is 7.24. The van der Waals surface area contributed by atoms with Gasteiger partial charge in [0.1, 0.15) is 0 Å². The Hall–Kier alpha value is -4.20. The van der Waals surface area contributed by atoms with Crippen molar-refractivity contribution in [3.05, 3.63) is 137 Å². The molecule has 338 valence electrons. The molecule has 0 bridgehead atoms. The van der Waals surface area contributed by atoms with Crippen molar-refractivity contribution in [3.8, 4) is 30.6 Å². The van der Waals surface area contributed by atoms with Gasteiger partial charge in [0.2, 0.25) is 0 Å². The van der Waals surface area contributed by atoms with Gasteiger partial charge in [0.15, 0.2) is 10.9 Å². The van der Waals surface area contributed by atoms with Gasteiger partial charge in [-0.1, -0.05) is 107 Å². The van der Waals surface area contributed by atoms with Crippen LogP contribution in [0, 0.1) is 11.8 Å². The van der Waals surface area contributed by atoms with Crippen LogP contribution in [0.4, 0.5) is 0 Å². The van der Waals surface area contributed by atoms with Gasteiger partial charge in [-0.05, 0) is 161 Å². The Morgan fingerprint density at radius 3 is 1.60 bits per heavy atom. The fourth-order valence-electron chi connectivity index (χ4n) is 9.69. The number of rotatable bonds is 20. The summed E-state index contributed by atoms with van der Waals surface area (Å²) in [5.41, 5.74) is 4.19. The van der Waals surface area contributed by atoms with E-state index < -0.39 is 0 Å². The molecule has 0 saturated heterocycles. The lowest BCUT2D eigenvalue weighted by Gasteiger charge is -2.24. The zero-order valence-electron chi connectivity index (χ0n) is 40.0. The number of allylic oxidation sites excluding steroid dienone is 1. The number of hydrogen-bond acceptors (Lipinski definition) is 6. The summed E-state index contributed by atoms with van der Waals surface area (Å²) in [5, 5.41) is 5.85. The van der Waals surface area contributed by atoms with Crippen LogP contribution in [0.25, 0.3) is 75.1 Å². The van der Waals surface area contributed by atoms with Crippen molar-refractivity contribution in [2.45, 2.75) is 137 Å². The van der Waals surface area contributed by atoms with Crippen molar-refractivity contribution in [3.63, 3.8) is 0 Å². The summed E-state index contributed by atoms with van der Waals surface area (Å²) in [6.45, 7) is 24.7. The summed E-state index contributed by atoms with van der Waals surface area (Å²) in [7, 11) is 0. The smallest absolute Gasteiger partial charge is 0.195 e. The standard InChI is InChI=1S/C59H66O2S4/c1-11-14-16-17-28-58(8,9)54-26-21-39(63-54)19-18-38-20-22-52(62-38)53-24-23-50(64-53)48-34-44-40(30-36(4)5)43-33-47-45(41(31-37(6)7)42(43)32-46(44)56(48)60)35-49(57(47)61)51-25-27-55(65-51)59(10,13-3)29-15-12-2/h13,18-27,32-37H,3,11-12,14-17,28-31H2,1-2,4-10H3/b19-18+. The number of unbranched alkanes of at least 4 members (excludes halogenated alkanes) is 4. The second-order valence-electron chi connectivity index (χ2n) is 20.2. The van der Waals surface area contributed by atoms with Crippen molar-refractivity contribution in [2.75, 3.05) is 0 Å². The highest BCUT2D eigenvalue weighted by atomic mass is 32.1. The first-order valence-electron chi connectivity index (χ1n) is 24.1. The predicted molar refractivity (Wildman–Crippen MR) is 293 cm³/mol. The average molecular weight is 935 g/mol. The molecule has 65 heavy (non-hydrogen) atoms. The van der Waals surface area contributed by atoms with Gasteiger partial charge in [0.05, 0.1) is 0 Å². The van der Waals surface area contributed by atoms with Crippen molar-refractivity contribution in [1.29, 1.82) is 0 Å². The van der Waals surface area contributed by atoms with E-state index >= 15 is 0 Å². The normalized spacial score (nSPS) is 13.5. The van der Waals surface area contributed by atoms with E-state index in [0.717, 1.165) is 85.3 Å². The number of thiophene rings is 4. The first kappa shape index (κ1) is 47.3. The van der Waals surface area contributed by atoms with Crippen LogP contribution in [-0.2, 0) is 23.7 Å². The topological polar surface area (TPSA) is 34.1 Å². The average Bonchev–Trinajstić information content (AvgIpc) is 4.14. The van der Waals surface area contributed by atoms with E-state index in [9.17, 15) is 9.59 Å². The van der Waals surface area contributed by atoms with Crippen LogP contribution in [0.1, 0.15) is 144 Å². The van der Waals surface area contributed by atoms with Gasteiger partial charge in [0, 0.05) is 66.3 Å². The molecule has 0 saturated carbocycles. The van der Waals surface area contributed by atoms with E-state index in [4.69, 9.17) is 0 Å². The lowest BCUT2D eigenvalue weighted by Crippen LogP contribution is -2.16. The van der Waals surface area contributed by atoms with E-state index in [1.165, 1.54) is 72.5 Å². The molecule has 1 atom stereocenters.